The molecule has 0 unspecified atom stereocenters. The topological polar surface area (TPSA) is 70.7 Å². The number of hydrogen-bond acceptors (Lipinski definition) is 4. The van der Waals surface area contributed by atoms with E-state index in [-0.39, 0.29) is 5.78 Å². The number of ketones is 1. The van der Waals surface area contributed by atoms with Gasteiger partial charge in [-0.1, -0.05) is 48.5 Å². The van der Waals surface area contributed by atoms with Crippen molar-refractivity contribution < 1.29 is 4.79 Å². The van der Waals surface area contributed by atoms with E-state index in [0.717, 1.165) is 51.8 Å². The Hall–Kier alpha value is -3.75. The van der Waals surface area contributed by atoms with Gasteiger partial charge in [-0.15, -0.1) is 0 Å². The van der Waals surface area contributed by atoms with Crippen LogP contribution in [-0.4, -0.2) is 28.4 Å². The summed E-state index contributed by atoms with van der Waals surface area (Å²) in [5, 5.41) is 13.8. The van der Waals surface area contributed by atoms with Gasteiger partial charge in [-0.25, -0.2) is 4.98 Å². The number of pyridine rings is 1. The number of rotatable bonds is 5. The van der Waals surface area contributed by atoms with E-state index in [1.54, 1.807) is 6.92 Å². The number of nitriles is 1. The molecule has 2 aromatic heterocycles. The van der Waals surface area contributed by atoms with Crippen molar-refractivity contribution in [2.45, 2.75) is 31.8 Å². The molecular formula is C27H24N4O. The Morgan fingerprint density at radius 1 is 1.00 bits per heavy atom. The Morgan fingerprint density at radius 3 is 2.22 bits per heavy atom. The second-order valence-electron chi connectivity index (χ2n) is 8.45. The number of hydrogen-bond donors (Lipinski definition) is 1. The van der Waals surface area contributed by atoms with E-state index in [4.69, 9.17) is 4.98 Å². The smallest absolute Gasteiger partial charge is 0.159 e. The lowest BCUT2D eigenvalue weighted by molar-refractivity contribution is 0.101. The molecule has 0 amide bonds. The summed E-state index contributed by atoms with van der Waals surface area (Å²) < 4.78 is 2.18. The third kappa shape index (κ3) is 3.49. The number of nitrogens with zero attached hydrogens (tertiary/aromatic N) is 3. The van der Waals surface area contributed by atoms with Gasteiger partial charge >= 0.3 is 0 Å². The first-order valence-corrected chi connectivity index (χ1v) is 10.9. The lowest BCUT2D eigenvalue weighted by atomic mass is 9.87. The molecule has 0 bridgehead atoms. The molecule has 0 radical (unpaired) electrons. The molecule has 0 aliphatic heterocycles. The van der Waals surface area contributed by atoms with Crippen molar-refractivity contribution in [2.24, 2.45) is 0 Å². The third-order valence-electron chi connectivity index (χ3n) is 6.52. The van der Waals surface area contributed by atoms with Crippen molar-refractivity contribution in [3.05, 3.63) is 78.0 Å². The summed E-state index contributed by atoms with van der Waals surface area (Å²) in [5.74, 6) is 0.0704. The summed E-state index contributed by atoms with van der Waals surface area (Å²) in [6, 6.07) is 23.2. The number of carbonyl (C=O) groups excluding carboxylic acids is 1. The molecule has 0 saturated heterocycles. The fourth-order valence-corrected chi connectivity index (χ4v) is 4.43. The summed E-state index contributed by atoms with van der Waals surface area (Å²) in [7, 11) is 1.99. The van der Waals surface area contributed by atoms with Crippen LogP contribution in [0.2, 0.25) is 0 Å². The van der Waals surface area contributed by atoms with Crippen molar-refractivity contribution in [2.75, 3.05) is 7.05 Å². The molecule has 2 aromatic carbocycles. The Bertz CT molecular complexity index is 1340. The van der Waals surface area contributed by atoms with Crippen molar-refractivity contribution >= 4 is 16.8 Å². The van der Waals surface area contributed by atoms with Gasteiger partial charge in [0.05, 0.1) is 11.3 Å². The van der Waals surface area contributed by atoms with Gasteiger partial charge in [0, 0.05) is 34.8 Å². The molecule has 1 aliphatic carbocycles. The summed E-state index contributed by atoms with van der Waals surface area (Å²) in [6.45, 7) is 1.58. The van der Waals surface area contributed by atoms with E-state index in [0.29, 0.717) is 17.6 Å². The second-order valence-corrected chi connectivity index (χ2v) is 8.45. The quantitative estimate of drug-likeness (QED) is 0.441. The molecule has 2 heterocycles. The average molecular weight is 421 g/mol. The summed E-state index contributed by atoms with van der Waals surface area (Å²) in [4.78, 5) is 16.5. The number of fused-ring (bicyclic) bond motifs is 1. The number of Topliss-reactive ketones (excluding diaryl/α,β-unsaturated/α-hetero) is 1. The average Bonchev–Trinajstić information content (AvgIpc) is 3.16. The highest BCUT2D eigenvalue weighted by molar-refractivity contribution is 5.94. The molecule has 1 saturated carbocycles. The van der Waals surface area contributed by atoms with Crippen LogP contribution in [0, 0.1) is 11.3 Å². The van der Waals surface area contributed by atoms with E-state index in [2.05, 4.69) is 40.2 Å². The fraction of sp³-hybridized carbons (Fsp3) is 0.222. The normalized spacial score (nSPS) is 17.7. The van der Waals surface area contributed by atoms with Crippen LogP contribution < -0.4 is 5.32 Å². The minimum absolute atomic E-state index is 0.0704. The van der Waals surface area contributed by atoms with Crippen molar-refractivity contribution in [3.63, 3.8) is 0 Å². The zero-order valence-corrected chi connectivity index (χ0v) is 18.2. The van der Waals surface area contributed by atoms with Crippen molar-refractivity contribution in [1.29, 1.82) is 5.26 Å². The maximum Gasteiger partial charge on any atom is 0.159 e. The molecule has 1 fully saturated rings. The van der Waals surface area contributed by atoms with Crippen molar-refractivity contribution in [1.82, 2.24) is 14.9 Å². The maximum atomic E-state index is 11.5. The molecule has 1 aliphatic rings. The molecule has 5 rings (SSSR count). The fourth-order valence-electron chi connectivity index (χ4n) is 4.43. The zero-order valence-electron chi connectivity index (χ0n) is 18.2. The molecular weight excluding hydrogens is 396 g/mol. The monoisotopic (exact) mass is 420 g/mol. The number of nitrogens with one attached hydrogen (secondary N) is 1. The Labute approximate surface area is 187 Å². The van der Waals surface area contributed by atoms with Gasteiger partial charge in [-0.05, 0) is 50.1 Å². The van der Waals surface area contributed by atoms with E-state index in [1.807, 2.05) is 49.6 Å². The predicted molar refractivity (Wildman–Crippen MR) is 126 cm³/mol. The van der Waals surface area contributed by atoms with Gasteiger partial charge in [0.15, 0.2) is 5.78 Å². The first-order valence-electron chi connectivity index (χ1n) is 10.9. The van der Waals surface area contributed by atoms with E-state index in [1.165, 1.54) is 0 Å². The number of carbonyl (C=O) groups is 1. The molecule has 5 heteroatoms. The van der Waals surface area contributed by atoms with Crippen LogP contribution in [0.5, 0.6) is 0 Å². The van der Waals surface area contributed by atoms with Gasteiger partial charge in [0.25, 0.3) is 0 Å². The third-order valence-corrected chi connectivity index (χ3v) is 6.52. The molecule has 1 N–H and O–H groups in total. The maximum absolute atomic E-state index is 11.5. The predicted octanol–water partition coefficient (Wildman–Crippen LogP) is 5.37. The lowest BCUT2D eigenvalue weighted by Gasteiger charge is -2.36. The summed E-state index contributed by atoms with van der Waals surface area (Å²) >= 11 is 0. The second kappa shape index (κ2) is 8.07. The molecule has 0 atom stereocenters. The standard InChI is InChI=1S/C27H24N4O/c1-17(32)18-3-5-19(6-4-18)20-7-9-21(10-8-20)26-12-11-25-22(15-28)16-31(27(25)30-26)24-13-23(14-24)29-2/h3-12,16,23-24,29H,13-14H2,1-2H3/t23-,24-. The van der Waals surface area contributed by atoms with Crippen LogP contribution in [-0.2, 0) is 0 Å². The van der Waals surface area contributed by atoms with Crippen LogP contribution in [0.4, 0.5) is 0 Å². The Morgan fingerprint density at radius 2 is 1.62 bits per heavy atom. The first kappa shape index (κ1) is 20.2. The molecule has 4 aromatic rings. The van der Waals surface area contributed by atoms with Gasteiger partial charge in [0.2, 0.25) is 0 Å². The Balaban J connectivity index is 1.47. The first-order chi connectivity index (χ1) is 15.6. The summed E-state index contributed by atoms with van der Waals surface area (Å²) in [5.41, 5.74) is 6.36. The largest absolute Gasteiger partial charge is 0.328 e. The Kier molecular flexibility index (Phi) is 5.08. The van der Waals surface area contributed by atoms with E-state index >= 15 is 0 Å². The minimum Gasteiger partial charge on any atom is -0.328 e. The highest BCUT2D eigenvalue weighted by Crippen LogP contribution is 2.36. The van der Waals surface area contributed by atoms with Gasteiger partial charge in [0.1, 0.15) is 11.7 Å². The molecule has 158 valence electrons. The molecule has 0 spiro atoms. The lowest BCUT2D eigenvalue weighted by Crippen LogP contribution is -2.40. The molecule has 32 heavy (non-hydrogen) atoms. The highest BCUT2D eigenvalue weighted by Gasteiger charge is 2.31. The van der Waals surface area contributed by atoms with Gasteiger partial charge in [-0.3, -0.25) is 4.79 Å². The van der Waals surface area contributed by atoms with Crippen LogP contribution in [0.3, 0.4) is 0 Å². The van der Waals surface area contributed by atoms with Crippen molar-refractivity contribution in [3.8, 4) is 28.5 Å². The van der Waals surface area contributed by atoms with Crippen LogP contribution >= 0.6 is 0 Å². The van der Waals surface area contributed by atoms with Gasteiger partial charge in [-0.2, -0.15) is 5.26 Å². The van der Waals surface area contributed by atoms with Gasteiger partial charge < -0.3 is 9.88 Å². The van der Waals surface area contributed by atoms with Crippen LogP contribution in [0.1, 0.15) is 41.7 Å². The highest BCUT2D eigenvalue weighted by atomic mass is 16.1. The SMILES string of the molecule is CN[C@H]1C[C@H](n2cc(C#N)c3ccc(-c4ccc(-c5ccc(C(C)=O)cc5)cc4)nc32)C1. The van der Waals surface area contributed by atoms with E-state index in [9.17, 15) is 10.1 Å². The van der Waals surface area contributed by atoms with Crippen LogP contribution in [0.25, 0.3) is 33.4 Å². The minimum atomic E-state index is 0.0704. The summed E-state index contributed by atoms with van der Waals surface area (Å²) in [6.07, 6.45) is 4.05. The van der Waals surface area contributed by atoms with Crippen LogP contribution in [0.15, 0.2) is 66.9 Å². The number of benzene rings is 2. The zero-order chi connectivity index (χ0) is 22.2. The number of aromatic nitrogens is 2. The molecule has 5 nitrogen and oxygen atoms in total. The van der Waals surface area contributed by atoms with E-state index < -0.39 is 0 Å².